The summed E-state index contributed by atoms with van der Waals surface area (Å²) in [6, 6.07) is 3.73. The maximum absolute atomic E-state index is 11.8. The Morgan fingerprint density at radius 1 is 1.44 bits per heavy atom. The molecular formula is C12H12O4. The molecule has 0 aromatic carbocycles. The molecule has 16 heavy (non-hydrogen) atoms. The van der Waals surface area contributed by atoms with Crippen molar-refractivity contribution in [1.29, 1.82) is 0 Å². The summed E-state index contributed by atoms with van der Waals surface area (Å²) >= 11 is 0. The van der Waals surface area contributed by atoms with E-state index in [-0.39, 0.29) is 11.9 Å². The fourth-order valence-corrected chi connectivity index (χ4v) is 2.02. The average molecular weight is 220 g/mol. The molecule has 4 nitrogen and oxygen atoms in total. The maximum Gasteiger partial charge on any atom is 0.222 e. The van der Waals surface area contributed by atoms with Crippen LogP contribution in [0.1, 0.15) is 17.9 Å². The number of hydrogen-bond acceptors (Lipinski definition) is 4. The van der Waals surface area contributed by atoms with Gasteiger partial charge in [-0.2, -0.15) is 0 Å². The van der Waals surface area contributed by atoms with Crippen molar-refractivity contribution in [2.45, 2.75) is 25.7 Å². The second-order valence-electron chi connectivity index (χ2n) is 4.11. The van der Waals surface area contributed by atoms with Gasteiger partial charge in [-0.15, -0.1) is 0 Å². The van der Waals surface area contributed by atoms with E-state index in [1.54, 1.807) is 6.08 Å². The van der Waals surface area contributed by atoms with Crippen LogP contribution >= 0.6 is 0 Å². The monoisotopic (exact) mass is 220 g/mol. The van der Waals surface area contributed by atoms with E-state index in [0.717, 1.165) is 11.3 Å². The maximum atomic E-state index is 11.8. The molecule has 4 heteroatoms. The first-order valence-corrected chi connectivity index (χ1v) is 5.30. The number of rotatable bonds is 1. The number of carbonyl (C=O) groups excluding carboxylic acids is 1. The molecule has 0 amide bonds. The summed E-state index contributed by atoms with van der Waals surface area (Å²) in [5.41, 5.74) is 0.730. The van der Waals surface area contributed by atoms with Gasteiger partial charge in [-0.25, -0.2) is 0 Å². The lowest BCUT2D eigenvalue weighted by atomic mass is 10.0. The van der Waals surface area contributed by atoms with Crippen LogP contribution in [0.15, 0.2) is 22.1 Å². The van der Waals surface area contributed by atoms with Gasteiger partial charge in [-0.1, -0.05) is 0 Å². The molecule has 3 heterocycles. The van der Waals surface area contributed by atoms with Crippen molar-refractivity contribution in [3.05, 3.63) is 29.2 Å². The fraction of sp³-hybridized carbons (Fsp3) is 0.417. The van der Waals surface area contributed by atoms with Gasteiger partial charge in [-0.05, 0) is 25.1 Å². The minimum atomic E-state index is -0.693. The van der Waals surface area contributed by atoms with Gasteiger partial charge >= 0.3 is 0 Å². The van der Waals surface area contributed by atoms with E-state index in [1.807, 2.05) is 19.1 Å². The van der Waals surface area contributed by atoms with Gasteiger partial charge in [0, 0.05) is 12.0 Å². The molecule has 0 N–H and O–H groups in total. The van der Waals surface area contributed by atoms with Crippen molar-refractivity contribution in [2.75, 3.05) is 6.61 Å². The first kappa shape index (κ1) is 9.81. The van der Waals surface area contributed by atoms with Crippen molar-refractivity contribution in [2.24, 2.45) is 0 Å². The minimum Gasteiger partial charge on any atom is -0.462 e. The molecule has 3 rings (SSSR count). The Labute approximate surface area is 92.8 Å². The van der Waals surface area contributed by atoms with Crippen LogP contribution in [0.3, 0.4) is 0 Å². The number of ketones is 1. The third-order valence-corrected chi connectivity index (χ3v) is 2.81. The Morgan fingerprint density at radius 2 is 2.31 bits per heavy atom. The molecule has 1 aromatic heterocycles. The van der Waals surface area contributed by atoms with Gasteiger partial charge < -0.3 is 13.9 Å². The van der Waals surface area contributed by atoms with E-state index < -0.39 is 6.29 Å². The van der Waals surface area contributed by atoms with Gasteiger partial charge in [0.15, 0.2) is 0 Å². The zero-order valence-electron chi connectivity index (χ0n) is 8.93. The molecular weight excluding hydrogens is 208 g/mol. The standard InChI is InChI=1S/C12H12O4/c1-7-2-3-9(15-7)4-8-5-10-6-14-12(16-10)11(8)13/h2-4,10,12H,5-6H2,1H3/b8-4+/t10-,12+/m0/s1. The molecule has 1 aromatic rings. The van der Waals surface area contributed by atoms with Gasteiger partial charge in [-0.3, -0.25) is 4.79 Å². The van der Waals surface area contributed by atoms with E-state index in [2.05, 4.69) is 0 Å². The SMILES string of the molecule is Cc1ccc(/C=C2\C[C@H]3CO[C@H](O3)C2=O)o1. The highest BCUT2D eigenvalue weighted by atomic mass is 16.7. The van der Waals surface area contributed by atoms with Crippen LogP contribution in [0.25, 0.3) is 6.08 Å². The molecule has 0 unspecified atom stereocenters. The normalized spacial score (nSPS) is 31.3. The molecule has 0 aliphatic carbocycles. The van der Waals surface area contributed by atoms with Crippen molar-refractivity contribution in [3.63, 3.8) is 0 Å². The van der Waals surface area contributed by atoms with Gasteiger partial charge in [0.1, 0.15) is 11.5 Å². The lowest BCUT2D eigenvalue weighted by Crippen LogP contribution is -2.30. The van der Waals surface area contributed by atoms with Crippen LogP contribution in [-0.4, -0.2) is 24.8 Å². The highest BCUT2D eigenvalue weighted by Crippen LogP contribution is 2.29. The number of furan rings is 1. The van der Waals surface area contributed by atoms with Crippen LogP contribution in [-0.2, 0) is 14.3 Å². The Bertz CT molecular complexity index is 457. The molecule has 2 atom stereocenters. The van der Waals surface area contributed by atoms with E-state index >= 15 is 0 Å². The number of hydrogen-bond donors (Lipinski definition) is 0. The summed E-state index contributed by atoms with van der Waals surface area (Å²) in [6.07, 6.45) is 1.72. The summed E-state index contributed by atoms with van der Waals surface area (Å²) in [5.74, 6) is 1.47. The Morgan fingerprint density at radius 3 is 3.06 bits per heavy atom. The van der Waals surface area contributed by atoms with Gasteiger partial charge in [0.25, 0.3) is 0 Å². The molecule has 2 aliphatic rings. The lowest BCUT2D eigenvalue weighted by molar-refractivity contribution is -0.146. The molecule has 84 valence electrons. The van der Waals surface area contributed by atoms with Crippen molar-refractivity contribution in [1.82, 2.24) is 0 Å². The molecule has 0 spiro atoms. The largest absolute Gasteiger partial charge is 0.462 e. The number of aryl methyl sites for hydroxylation is 1. The number of Topliss-reactive ketones (excluding diaryl/α,β-unsaturated/α-hetero) is 1. The zero-order valence-corrected chi connectivity index (χ0v) is 8.93. The van der Waals surface area contributed by atoms with Gasteiger partial charge in [0.05, 0.1) is 12.7 Å². The van der Waals surface area contributed by atoms with Crippen molar-refractivity contribution < 1.29 is 18.7 Å². The number of fused-ring (bicyclic) bond motifs is 2. The third-order valence-electron chi connectivity index (χ3n) is 2.81. The van der Waals surface area contributed by atoms with Crippen LogP contribution in [0.4, 0.5) is 0 Å². The summed E-state index contributed by atoms with van der Waals surface area (Å²) in [5, 5.41) is 0. The quantitative estimate of drug-likeness (QED) is 0.676. The predicted octanol–water partition coefficient (Wildman–Crippen LogP) is 1.69. The lowest BCUT2D eigenvalue weighted by Gasteiger charge is -2.18. The Kier molecular flexibility index (Phi) is 2.19. The van der Waals surface area contributed by atoms with Crippen LogP contribution < -0.4 is 0 Å². The molecule has 0 radical (unpaired) electrons. The van der Waals surface area contributed by atoms with E-state index in [9.17, 15) is 4.79 Å². The number of ether oxygens (including phenoxy) is 2. The van der Waals surface area contributed by atoms with Crippen LogP contribution in [0.2, 0.25) is 0 Å². The summed E-state index contributed by atoms with van der Waals surface area (Å²) < 4.78 is 16.0. The van der Waals surface area contributed by atoms with Gasteiger partial charge in [0.2, 0.25) is 12.1 Å². The van der Waals surface area contributed by atoms with Crippen LogP contribution in [0, 0.1) is 6.92 Å². The fourth-order valence-electron chi connectivity index (χ4n) is 2.02. The topological polar surface area (TPSA) is 48.7 Å². The van der Waals surface area contributed by atoms with E-state index in [4.69, 9.17) is 13.9 Å². The molecule has 2 bridgehead atoms. The van der Waals surface area contributed by atoms with Crippen molar-refractivity contribution in [3.8, 4) is 0 Å². The van der Waals surface area contributed by atoms with E-state index in [1.165, 1.54) is 0 Å². The highest BCUT2D eigenvalue weighted by molar-refractivity contribution is 6.02. The first-order chi connectivity index (χ1) is 7.72. The average Bonchev–Trinajstić information content (AvgIpc) is 2.83. The Hall–Kier alpha value is -1.39. The third kappa shape index (κ3) is 1.60. The molecule has 2 saturated heterocycles. The second kappa shape index (κ2) is 3.57. The summed E-state index contributed by atoms with van der Waals surface area (Å²) in [4.78, 5) is 11.8. The predicted molar refractivity (Wildman–Crippen MR) is 55.7 cm³/mol. The molecule has 2 aliphatic heterocycles. The Balaban J connectivity index is 1.89. The second-order valence-corrected chi connectivity index (χ2v) is 4.11. The smallest absolute Gasteiger partial charge is 0.222 e. The molecule has 0 saturated carbocycles. The van der Waals surface area contributed by atoms with Crippen LogP contribution in [0.5, 0.6) is 0 Å². The zero-order chi connectivity index (χ0) is 11.1. The van der Waals surface area contributed by atoms with E-state index in [0.29, 0.717) is 18.8 Å². The highest BCUT2D eigenvalue weighted by Gasteiger charge is 2.39. The number of carbonyl (C=O) groups is 1. The summed E-state index contributed by atoms with van der Waals surface area (Å²) in [7, 11) is 0. The first-order valence-electron chi connectivity index (χ1n) is 5.30. The molecule has 2 fully saturated rings. The minimum absolute atomic E-state index is 0.0185. The summed E-state index contributed by atoms with van der Waals surface area (Å²) in [6.45, 7) is 2.38. The van der Waals surface area contributed by atoms with Crippen molar-refractivity contribution >= 4 is 11.9 Å².